The van der Waals surface area contributed by atoms with Crippen LogP contribution >= 0.6 is 0 Å². The van der Waals surface area contributed by atoms with Gasteiger partial charge < -0.3 is 9.84 Å². The molecule has 0 fully saturated rings. The minimum Gasteiger partial charge on any atom is -0.493 e. The molecule has 0 aliphatic carbocycles. The van der Waals surface area contributed by atoms with Gasteiger partial charge in [0.05, 0.1) is 24.7 Å². The van der Waals surface area contributed by atoms with Gasteiger partial charge >= 0.3 is 12.1 Å². The van der Waals surface area contributed by atoms with Gasteiger partial charge in [-0.1, -0.05) is 30.3 Å². The van der Waals surface area contributed by atoms with E-state index in [1.807, 2.05) is 0 Å². The number of benzene rings is 1. The molecule has 0 amide bonds. The second-order valence-electron chi connectivity index (χ2n) is 6.04. The lowest BCUT2D eigenvalue weighted by molar-refractivity contribution is -0.141. The molecule has 0 radical (unpaired) electrons. The van der Waals surface area contributed by atoms with E-state index >= 15 is 0 Å². The van der Waals surface area contributed by atoms with Crippen LogP contribution in [0.5, 0.6) is 5.88 Å². The summed E-state index contributed by atoms with van der Waals surface area (Å²) in [6.07, 6.45) is -4.33. The van der Waals surface area contributed by atoms with Crippen molar-refractivity contribution in [2.45, 2.75) is 18.5 Å². The molecule has 0 bridgehead atoms. The zero-order valence-corrected chi connectivity index (χ0v) is 14.6. The monoisotopic (exact) mass is 392 g/mol. The third-order valence-corrected chi connectivity index (χ3v) is 4.31. The predicted molar refractivity (Wildman–Crippen MR) is 93.0 cm³/mol. The largest absolute Gasteiger partial charge is 0.493 e. The summed E-state index contributed by atoms with van der Waals surface area (Å²) in [6, 6.07) is 10.1. The fourth-order valence-electron chi connectivity index (χ4n) is 2.94. The normalized spacial score (nSPS) is 12.7. The molecule has 28 heavy (non-hydrogen) atoms. The van der Waals surface area contributed by atoms with Gasteiger partial charge in [-0.15, -0.1) is 0 Å². The maximum Gasteiger partial charge on any atom is 0.417 e. The Morgan fingerprint density at radius 2 is 1.89 bits per heavy atom. The van der Waals surface area contributed by atoms with Crippen LogP contribution in [0.4, 0.5) is 13.2 Å². The van der Waals surface area contributed by atoms with Gasteiger partial charge in [0.15, 0.2) is 0 Å². The number of aromatic nitrogens is 2. The summed E-state index contributed by atoms with van der Waals surface area (Å²) < 4.78 is 44.4. The molecule has 0 saturated heterocycles. The standard InChI is InChI=1S/C19H15F3N2O4/c1-28-15(25)9-13(11-5-3-2-4-6-11)16-17(26)23-14-8-7-12(19(20,21)22)10-24(14)18(16)27/h2-8,10,13,26H,9H2,1H3/t13-/m0/s1. The number of hydrogen-bond acceptors (Lipinski definition) is 5. The lowest BCUT2D eigenvalue weighted by atomic mass is 9.89. The molecule has 3 aromatic rings. The average Bonchev–Trinajstić information content (AvgIpc) is 2.66. The van der Waals surface area contributed by atoms with E-state index in [2.05, 4.69) is 9.72 Å². The molecule has 0 spiro atoms. The molecule has 0 unspecified atom stereocenters. The quantitative estimate of drug-likeness (QED) is 0.690. The van der Waals surface area contributed by atoms with E-state index in [1.165, 1.54) is 7.11 Å². The first-order chi connectivity index (χ1) is 13.2. The molecule has 0 aliphatic rings. The number of ether oxygens (including phenoxy) is 1. The number of alkyl halides is 3. The number of halogens is 3. The SMILES string of the molecule is COC(=O)C[C@@H](c1ccccc1)c1c(O)nc2ccc(C(F)(F)F)cn2c1=O. The van der Waals surface area contributed by atoms with Gasteiger partial charge in [-0.05, 0) is 17.7 Å². The summed E-state index contributed by atoms with van der Waals surface area (Å²) in [5.74, 6) is -2.25. The van der Waals surface area contributed by atoms with Crippen molar-refractivity contribution in [3.8, 4) is 5.88 Å². The van der Waals surface area contributed by atoms with Gasteiger partial charge in [0.1, 0.15) is 5.65 Å². The minimum atomic E-state index is -4.66. The van der Waals surface area contributed by atoms with Gasteiger partial charge in [0.2, 0.25) is 5.88 Å². The van der Waals surface area contributed by atoms with Gasteiger partial charge in [0.25, 0.3) is 5.56 Å². The topological polar surface area (TPSA) is 80.9 Å². The number of carbonyl (C=O) groups excluding carboxylic acids is 1. The smallest absolute Gasteiger partial charge is 0.417 e. The van der Waals surface area contributed by atoms with Crippen LogP contribution < -0.4 is 5.56 Å². The number of fused-ring (bicyclic) bond motifs is 1. The van der Waals surface area contributed by atoms with Crippen molar-refractivity contribution in [2.24, 2.45) is 0 Å². The number of carbonyl (C=O) groups is 1. The van der Waals surface area contributed by atoms with E-state index < -0.39 is 35.1 Å². The summed E-state index contributed by atoms with van der Waals surface area (Å²) in [4.78, 5) is 28.7. The average molecular weight is 392 g/mol. The Morgan fingerprint density at radius 1 is 1.21 bits per heavy atom. The van der Waals surface area contributed by atoms with E-state index in [0.29, 0.717) is 16.2 Å². The van der Waals surface area contributed by atoms with E-state index in [9.17, 15) is 27.9 Å². The van der Waals surface area contributed by atoms with Crippen molar-refractivity contribution in [3.63, 3.8) is 0 Å². The van der Waals surface area contributed by atoms with Crippen LogP contribution in [-0.2, 0) is 15.7 Å². The first-order valence-corrected chi connectivity index (χ1v) is 8.16. The highest BCUT2D eigenvalue weighted by molar-refractivity contribution is 5.71. The highest BCUT2D eigenvalue weighted by Crippen LogP contribution is 2.32. The first kappa shape index (κ1) is 19.4. The van der Waals surface area contributed by atoms with Crippen LogP contribution in [0, 0.1) is 0 Å². The maximum atomic E-state index is 13.0. The summed E-state index contributed by atoms with van der Waals surface area (Å²) in [5.41, 5.74) is -1.86. The van der Waals surface area contributed by atoms with Gasteiger partial charge in [-0.3, -0.25) is 14.0 Å². The van der Waals surface area contributed by atoms with Crippen molar-refractivity contribution >= 4 is 11.6 Å². The number of pyridine rings is 1. The number of hydrogen-bond donors (Lipinski definition) is 1. The van der Waals surface area contributed by atoms with Crippen molar-refractivity contribution in [1.82, 2.24) is 9.38 Å². The lowest BCUT2D eigenvalue weighted by Crippen LogP contribution is -2.25. The lowest BCUT2D eigenvalue weighted by Gasteiger charge is -2.18. The van der Waals surface area contributed by atoms with Crippen molar-refractivity contribution in [2.75, 3.05) is 7.11 Å². The molecule has 3 rings (SSSR count). The van der Waals surface area contributed by atoms with Crippen molar-refractivity contribution in [3.05, 3.63) is 75.7 Å². The molecule has 6 nitrogen and oxygen atoms in total. The summed E-state index contributed by atoms with van der Waals surface area (Å²) >= 11 is 0. The Morgan fingerprint density at radius 3 is 2.50 bits per heavy atom. The number of methoxy groups -OCH3 is 1. The van der Waals surface area contributed by atoms with Crippen molar-refractivity contribution in [1.29, 1.82) is 0 Å². The minimum absolute atomic E-state index is 0.149. The third kappa shape index (κ3) is 3.68. The van der Waals surface area contributed by atoms with Gasteiger partial charge in [-0.2, -0.15) is 18.2 Å². The zero-order valence-electron chi connectivity index (χ0n) is 14.6. The molecule has 2 heterocycles. The number of aromatic hydroxyl groups is 1. The summed E-state index contributed by atoms with van der Waals surface area (Å²) in [6.45, 7) is 0. The Hall–Kier alpha value is -3.36. The van der Waals surface area contributed by atoms with Crippen LogP contribution in [0.3, 0.4) is 0 Å². The highest BCUT2D eigenvalue weighted by Gasteiger charge is 2.32. The molecule has 1 atom stereocenters. The van der Waals surface area contributed by atoms with Crippen LogP contribution in [0.15, 0.2) is 53.5 Å². The molecule has 1 N–H and O–H groups in total. The Balaban J connectivity index is 2.26. The molecule has 2 aromatic heterocycles. The van der Waals surface area contributed by atoms with E-state index in [-0.39, 0.29) is 17.6 Å². The molecular weight excluding hydrogens is 377 g/mol. The molecular formula is C19H15F3N2O4. The molecule has 0 saturated carbocycles. The first-order valence-electron chi connectivity index (χ1n) is 8.16. The molecule has 1 aromatic carbocycles. The van der Waals surface area contributed by atoms with Gasteiger partial charge in [0, 0.05) is 12.1 Å². The summed E-state index contributed by atoms with van der Waals surface area (Å²) in [7, 11) is 1.17. The fraction of sp³-hybridized carbons (Fsp3) is 0.211. The third-order valence-electron chi connectivity index (χ3n) is 4.31. The van der Waals surface area contributed by atoms with Crippen LogP contribution in [0.2, 0.25) is 0 Å². The van der Waals surface area contributed by atoms with Gasteiger partial charge in [-0.25, -0.2) is 0 Å². The second kappa shape index (κ2) is 7.34. The Kier molecular flexibility index (Phi) is 5.08. The number of esters is 1. The molecule has 146 valence electrons. The van der Waals surface area contributed by atoms with E-state index in [4.69, 9.17) is 0 Å². The molecule has 9 heteroatoms. The van der Waals surface area contributed by atoms with E-state index in [1.54, 1.807) is 30.3 Å². The highest BCUT2D eigenvalue weighted by atomic mass is 19.4. The zero-order chi connectivity index (χ0) is 20.5. The Labute approximate surface area is 156 Å². The van der Waals surface area contributed by atoms with Crippen LogP contribution in [0.1, 0.15) is 29.0 Å². The fourth-order valence-corrected chi connectivity index (χ4v) is 2.94. The number of rotatable bonds is 4. The molecule has 0 aliphatic heterocycles. The van der Waals surface area contributed by atoms with Crippen molar-refractivity contribution < 1.29 is 27.8 Å². The summed E-state index contributed by atoms with van der Waals surface area (Å²) in [5, 5.41) is 10.3. The van der Waals surface area contributed by atoms with Crippen LogP contribution in [-0.4, -0.2) is 27.6 Å². The Bertz CT molecular complexity index is 1080. The number of nitrogens with zero attached hydrogens (tertiary/aromatic N) is 2. The van der Waals surface area contributed by atoms with Crippen LogP contribution in [0.25, 0.3) is 5.65 Å². The second-order valence-corrected chi connectivity index (χ2v) is 6.04. The predicted octanol–water partition coefficient (Wildman–Crippen LogP) is 3.11. The maximum absolute atomic E-state index is 13.0. The van der Waals surface area contributed by atoms with E-state index in [0.717, 1.165) is 12.1 Å².